The SMILES string of the molecule is COc1cc(/C=C/C(=O)OC(C)C(=O)NCC(=O)Nc2c(C)cccc2C)cc(Cl)c1OC. The number of carbonyl (C=O) groups excluding carboxylic acids is 3. The maximum Gasteiger partial charge on any atom is 0.331 e. The van der Waals surface area contributed by atoms with Crippen molar-refractivity contribution in [3.63, 3.8) is 0 Å². The first-order chi connectivity index (χ1) is 15.7. The zero-order chi connectivity index (χ0) is 24.5. The summed E-state index contributed by atoms with van der Waals surface area (Å²) >= 11 is 6.14. The van der Waals surface area contributed by atoms with Crippen LogP contribution in [0, 0.1) is 13.8 Å². The van der Waals surface area contributed by atoms with Gasteiger partial charge in [-0.2, -0.15) is 0 Å². The molecule has 9 heteroatoms. The summed E-state index contributed by atoms with van der Waals surface area (Å²) in [6.45, 7) is 4.92. The molecule has 33 heavy (non-hydrogen) atoms. The van der Waals surface area contributed by atoms with Gasteiger partial charge in [-0.15, -0.1) is 0 Å². The number of anilines is 1. The fourth-order valence-corrected chi connectivity index (χ4v) is 3.27. The zero-order valence-corrected chi connectivity index (χ0v) is 19.9. The Kier molecular flexibility index (Phi) is 9.30. The Bertz CT molecular complexity index is 1050. The number of ether oxygens (including phenoxy) is 3. The van der Waals surface area contributed by atoms with Gasteiger partial charge in [-0.3, -0.25) is 9.59 Å². The first-order valence-corrected chi connectivity index (χ1v) is 10.5. The number of para-hydroxylation sites is 1. The van der Waals surface area contributed by atoms with Gasteiger partial charge in [-0.05, 0) is 55.7 Å². The Labute approximate surface area is 197 Å². The molecular formula is C24H27ClN2O6. The molecule has 0 aromatic heterocycles. The minimum atomic E-state index is -1.09. The second-order valence-electron chi connectivity index (χ2n) is 7.18. The second kappa shape index (κ2) is 11.9. The number of hydrogen-bond acceptors (Lipinski definition) is 6. The van der Waals surface area contributed by atoms with E-state index >= 15 is 0 Å². The summed E-state index contributed by atoms with van der Waals surface area (Å²) in [4.78, 5) is 36.5. The van der Waals surface area contributed by atoms with Crippen LogP contribution < -0.4 is 20.1 Å². The second-order valence-corrected chi connectivity index (χ2v) is 7.59. The first-order valence-electron chi connectivity index (χ1n) is 10.1. The van der Waals surface area contributed by atoms with Crippen molar-refractivity contribution in [1.29, 1.82) is 0 Å². The van der Waals surface area contributed by atoms with E-state index in [0.717, 1.165) is 17.2 Å². The summed E-state index contributed by atoms with van der Waals surface area (Å²) in [6.07, 6.45) is 1.54. The maximum absolute atomic E-state index is 12.2. The normalized spacial score (nSPS) is 11.6. The molecule has 0 aliphatic heterocycles. The van der Waals surface area contributed by atoms with E-state index in [0.29, 0.717) is 27.8 Å². The monoisotopic (exact) mass is 474 g/mol. The molecule has 2 N–H and O–H groups in total. The lowest BCUT2D eigenvalue weighted by Crippen LogP contribution is -2.40. The van der Waals surface area contributed by atoms with Crippen LogP contribution in [0.15, 0.2) is 36.4 Å². The molecule has 0 spiro atoms. The topological polar surface area (TPSA) is 103 Å². The summed E-state index contributed by atoms with van der Waals surface area (Å²) in [5.74, 6) is -0.925. The Balaban J connectivity index is 1.88. The lowest BCUT2D eigenvalue weighted by atomic mass is 10.1. The molecule has 0 bridgehead atoms. The molecular weight excluding hydrogens is 448 g/mol. The number of nitrogens with one attached hydrogen (secondary N) is 2. The molecule has 0 saturated carbocycles. The van der Waals surface area contributed by atoms with E-state index in [2.05, 4.69) is 10.6 Å². The van der Waals surface area contributed by atoms with Gasteiger partial charge < -0.3 is 24.8 Å². The van der Waals surface area contributed by atoms with Crippen LogP contribution >= 0.6 is 11.6 Å². The highest BCUT2D eigenvalue weighted by molar-refractivity contribution is 6.32. The smallest absolute Gasteiger partial charge is 0.331 e. The number of aryl methyl sites for hydroxylation is 2. The number of benzene rings is 2. The number of carbonyl (C=O) groups is 3. The van der Waals surface area contributed by atoms with Crippen molar-refractivity contribution in [2.45, 2.75) is 26.9 Å². The van der Waals surface area contributed by atoms with Crippen molar-refractivity contribution >= 4 is 41.1 Å². The Morgan fingerprint density at radius 2 is 1.76 bits per heavy atom. The van der Waals surface area contributed by atoms with E-state index in [1.807, 2.05) is 32.0 Å². The van der Waals surface area contributed by atoms with Gasteiger partial charge in [0.25, 0.3) is 5.91 Å². The van der Waals surface area contributed by atoms with Crippen molar-refractivity contribution in [1.82, 2.24) is 5.32 Å². The van der Waals surface area contributed by atoms with Crippen molar-refractivity contribution in [3.05, 3.63) is 58.1 Å². The highest BCUT2D eigenvalue weighted by atomic mass is 35.5. The summed E-state index contributed by atoms with van der Waals surface area (Å²) in [6, 6.07) is 8.89. The molecule has 2 rings (SSSR count). The van der Waals surface area contributed by atoms with Gasteiger partial charge in [0.05, 0.1) is 25.8 Å². The van der Waals surface area contributed by atoms with Gasteiger partial charge in [0.2, 0.25) is 5.91 Å². The average molecular weight is 475 g/mol. The highest BCUT2D eigenvalue weighted by Crippen LogP contribution is 2.36. The Morgan fingerprint density at radius 3 is 2.36 bits per heavy atom. The number of esters is 1. The molecule has 0 fully saturated rings. The van der Waals surface area contributed by atoms with Gasteiger partial charge in [0, 0.05) is 11.8 Å². The molecule has 0 saturated heterocycles. The fourth-order valence-electron chi connectivity index (χ4n) is 2.97. The predicted molar refractivity (Wildman–Crippen MR) is 127 cm³/mol. The van der Waals surface area contributed by atoms with Crippen LogP contribution in [-0.4, -0.2) is 44.7 Å². The Morgan fingerprint density at radius 1 is 1.09 bits per heavy atom. The maximum atomic E-state index is 12.2. The van der Waals surface area contributed by atoms with E-state index in [1.165, 1.54) is 27.2 Å². The summed E-state index contributed by atoms with van der Waals surface area (Å²) in [5, 5.41) is 5.54. The fraction of sp³-hybridized carbons (Fsp3) is 0.292. The van der Waals surface area contributed by atoms with Crippen LogP contribution in [0.25, 0.3) is 6.08 Å². The van der Waals surface area contributed by atoms with E-state index in [4.69, 9.17) is 25.8 Å². The molecule has 0 radical (unpaired) electrons. The van der Waals surface area contributed by atoms with Gasteiger partial charge in [-0.1, -0.05) is 29.8 Å². The van der Waals surface area contributed by atoms with Gasteiger partial charge >= 0.3 is 5.97 Å². The van der Waals surface area contributed by atoms with Crippen LogP contribution in [0.4, 0.5) is 5.69 Å². The summed E-state index contributed by atoms with van der Waals surface area (Å²) in [5.41, 5.74) is 3.12. The van der Waals surface area contributed by atoms with Crippen molar-refractivity contribution in [2.75, 3.05) is 26.1 Å². The summed E-state index contributed by atoms with van der Waals surface area (Å²) in [7, 11) is 2.94. The standard InChI is InChI=1S/C24H27ClN2O6/c1-14-7-6-8-15(2)22(14)27-20(28)13-26-24(30)16(3)33-21(29)10-9-17-11-18(25)23(32-5)19(12-17)31-4/h6-12,16H,13H2,1-5H3,(H,26,30)(H,27,28)/b10-9+. The van der Waals surface area contributed by atoms with Crippen LogP contribution in [0.1, 0.15) is 23.6 Å². The number of amides is 2. The van der Waals surface area contributed by atoms with E-state index in [-0.39, 0.29) is 12.5 Å². The van der Waals surface area contributed by atoms with Gasteiger partial charge in [0.15, 0.2) is 17.6 Å². The van der Waals surface area contributed by atoms with Crippen LogP contribution in [0.3, 0.4) is 0 Å². The minimum Gasteiger partial charge on any atom is -0.493 e. The quantitative estimate of drug-likeness (QED) is 0.424. The van der Waals surface area contributed by atoms with E-state index in [1.54, 1.807) is 12.1 Å². The number of methoxy groups -OCH3 is 2. The van der Waals surface area contributed by atoms with E-state index < -0.39 is 18.0 Å². The van der Waals surface area contributed by atoms with Crippen LogP contribution in [0.2, 0.25) is 5.02 Å². The lowest BCUT2D eigenvalue weighted by molar-refractivity contribution is -0.150. The molecule has 1 atom stereocenters. The molecule has 0 aliphatic rings. The number of rotatable bonds is 9. The number of halogens is 1. The molecule has 8 nitrogen and oxygen atoms in total. The third kappa shape index (κ3) is 7.25. The molecule has 176 valence electrons. The van der Waals surface area contributed by atoms with Crippen molar-refractivity contribution < 1.29 is 28.6 Å². The molecule has 2 aromatic rings. The first kappa shape index (κ1) is 25.7. The van der Waals surface area contributed by atoms with Crippen LogP contribution in [0.5, 0.6) is 11.5 Å². The average Bonchev–Trinajstić information content (AvgIpc) is 2.78. The highest BCUT2D eigenvalue weighted by Gasteiger charge is 2.18. The molecule has 0 heterocycles. The largest absolute Gasteiger partial charge is 0.493 e. The van der Waals surface area contributed by atoms with E-state index in [9.17, 15) is 14.4 Å². The predicted octanol–water partition coefficient (Wildman–Crippen LogP) is 3.67. The minimum absolute atomic E-state index is 0.255. The molecule has 2 aromatic carbocycles. The molecule has 1 unspecified atom stereocenters. The summed E-state index contributed by atoms with van der Waals surface area (Å²) < 4.78 is 15.5. The zero-order valence-electron chi connectivity index (χ0n) is 19.2. The van der Waals surface area contributed by atoms with Crippen molar-refractivity contribution in [2.24, 2.45) is 0 Å². The Hall–Kier alpha value is -3.52. The number of hydrogen-bond donors (Lipinski definition) is 2. The molecule has 0 aliphatic carbocycles. The third-order valence-corrected chi connectivity index (χ3v) is 4.98. The van der Waals surface area contributed by atoms with Gasteiger partial charge in [0.1, 0.15) is 0 Å². The van der Waals surface area contributed by atoms with Gasteiger partial charge in [-0.25, -0.2) is 4.79 Å². The van der Waals surface area contributed by atoms with Crippen LogP contribution in [-0.2, 0) is 19.1 Å². The third-order valence-electron chi connectivity index (χ3n) is 4.70. The molecule has 2 amide bonds. The van der Waals surface area contributed by atoms with Crippen molar-refractivity contribution in [3.8, 4) is 11.5 Å². The lowest BCUT2D eigenvalue weighted by Gasteiger charge is -2.14.